The minimum Gasteiger partial charge on any atom is -0.385 e. The van der Waals surface area contributed by atoms with E-state index >= 15 is 0 Å². The molecule has 0 amide bonds. The Balaban J connectivity index is 0.00000312. The Morgan fingerprint density at radius 1 is 1.36 bits per heavy atom. The molecule has 1 aliphatic rings. The molecule has 0 aromatic carbocycles. The van der Waals surface area contributed by atoms with Crippen LogP contribution in [-0.2, 0) is 18.2 Å². The van der Waals surface area contributed by atoms with Crippen LogP contribution in [0.2, 0.25) is 0 Å². The van der Waals surface area contributed by atoms with E-state index < -0.39 is 0 Å². The van der Waals surface area contributed by atoms with Crippen LogP contribution in [0.4, 0.5) is 0 Å². The summed E-state index contributed by atoms with van der Waals surface area (Å²) in [5, 5.41) is 11.2. The van der Waals surface area contributed by atoms with Gasteiger partial charge in [-0.1, -0.05) is 12.8 Å². The van der Waals surface area contributed by atoms with Gasteiger partial charge in [0.15, 0.2) is 5.96 Å². The van der Waals surface area contributed by atoms with Crippen molar-refractivity contribution < 1.29 is 4.74 Å². The molecule has 1 aromatic heterocycles. The molecule has 0 atom stereocenters. The van der Waals surface area contributed by atoms with Crippen molar-refractivity contribution in [3.63, 3.8) is 0 Å². The minimum absolute atomic E-state index is 0. The molecule has 1 fully saturated rings. The fourth-order valence-electron chi connectivity index (χ4n) is 3.55. The van der Waals surface area contributed by atoms with Gasteiger partial charge in [0, 0.05) is 47.1 Å². The molecule has 25 heavy (non-hydrogen) atoms. The average Bonchev–Trinajstić information content (AvgIpc) is 3.22. The lowest BCUT2D eigenvalue weighted by atomic mass is 9.83. The predicted octanol–water partition coefficient (Wildman–Crippen LogP) is 2.73. The van der Waals surface area contributed by atoms with Crippen LogP contribution in [0, 0.1) is 5.41 Å². The summed E-state index contributed by atoms with van der Waals surface area (Å²) in [6.45, 7) is 2.75. The third kappa shape index (κ3) is 7.52. The van der Waals surface area contributed by atoms with E-state index in [0.717, 1.165) is 44.9 Å². The Morgan fingerprint density at radius 3 is 2.72 bits per heavy atom. The molecule has 0 spiro atoms. The van der Waals surface area contributed by atoms with Gasteiger partial charge in [0.1, 0.15) is 0 Å². The number of aryl methyl sites for hydroxylation is 2. The molecular formula is C18H34IN5O. The summed E-state index contributed by atoms with van der Waals surface area (Å²) in [5.41, 5.74) is 1.66. The molecule has 144 valence electrons. The molecule has 0 radical (unpaired) electrons. The number of hydrogen-bond donors (Lipinski definition) is 2. The fourth-order valence-corrected chi connectivity index (χ4v) is 3.55. The quantitative estimate of drug-likeness (QED) is 0.256. The highest BCUT2D eigenvalue weighted by atomic mass is 127. The zero-order valence-electron chi connectivity index (χ0n) is 15.9. The Morgan fingerprint density at radius 2 is 2.12 bits per heavy atom. The van der Waals surface area contributed by atoms with Crippen molar-refractivity contribution in [1.29, 1.82) is 0 Å². The summed E-state index contributed by atoms with van der Waals surface area (Å²) >= 11 is 0. The van der Waals surface area contributed by atoms with Gasteiger partial charge >= 0.3 is 0 Å². The molecule has 0 bridgehead atoms. The van der Waals surface area contributed by atoms with E-state index in [-0.39, 0.29) is 24.0 Å². The van der Waals surface area contributed by atoms with Gasteiger partial charge in [-0.05, 0) is 43.1 Å². The number of guanidine groups is 1. The van der Waals surface area contributed by atoms with Crippen LogP contribution in [0.3, 0.4) is 0 Å². The molecule has 0 saturated heterocycles. The Kier molecular flexibility index (Phi) is 10.4. The van der Waals surface area contributed by atoms with Crippen LogP contribution in [-0.4, -0.2) is 49.6 Å². The maximum absolute atomic E-state index is 5.30. The van der Waals surface area contributed by atoms with Crippen molar-refractivity contribution in [2.24, 2.45) is 17.5 Å². The molecular weight excluding hydrogens is 429 g/mol. The van der Waals surface area contributed by atoms with Gasteiger partial charge in [-0.2, -0.15) is 5.10 Å². The summed E-state index contributed by atoms with van der Waals surface area (Å²) in [4.78, 5) is 4.36. The second kappa shape index (κ2) is 11.7. The summed E-state index contributed by atoms with van der Waals surface area (Å²) in [6.07, 6.45) is 12.5. The lowest BCUT2D eigenvalue weighted by Gasteiger charge is -2.30. The van der Waals surface area contributed by atoms with Crippen LogP contribution in [0.1, 0.15) is 44.1 Å². The molecule has 1 aromatic rings. The number of rotatable bonds is 9. The van der Waals surface area contributed by atoms with Crippen LogP contribution in [0.25, 0.3) is 0 Å². The Hall–Kier alpha value is -0.830. The molecule has 1 saturated carbocycles. The molecule has 1 aliphatic carbocycles. The summed E-state index contributed by atoms with van der Waals surface area (Å²) in [5.74, 6) is 0.907. The minimum atomic E-state index is 0. The van der Waals surface area contributed by atoms with E-state index in [1.54, 1.807) is 7.11 Å². The van der Waals surface area contributed by atoms with Crippen LogP contribution in [0.5, 0.6) is 0 Å². The highest BCUT2D eigenvalue weighted by molar-refractivity contribution is 14.0. The van der Waals surface area contributed by atoms with E-state index in [1.807, 2.05) is 25.0 Å². The van der Waals surface area contributed by atoms with Gasteiger partial charge in [0.25, 0.3) is 0 Å². The van der Waals surface area contributed by atoms with E-state index in [4.69, 9.17) is 4.74 Å². The number of ether oxygens (including phenoxy) is 1. The van der Waals surface area contributed by atoms with Crippen LogP contribution < -0.4 is 10.6 Å². The number of nitrogens with one attached hydrogen (secondary N) is 2. The first-order chi connectivity index (χ1) is 11.7. The van der Waals surface area contributed by atoms with E-state index in [1.165, 1.54) is 31.2 Å². The second-order valence-corrected chi connectivity index (χ2v) is 6.93. The first kappa shape index (κ1) is 22.2. The van der Waals surface area contributed by atoms with E-state index in [9.17, 15) is 0 Å². The van der Waals surface area contributed by atoms with Gasteiger partial charge in [-0.3, -0.25) is 9.67 Å². The van der Waals surface area contributed by atoms with Crippen molar-refractivity contribution in [1.82, 2.24) is 20.4 Å². The fraction of sp³-hybridized carbons (Fsp3) is 0.778. The zero-order valence-corrected chi connectivity index (χ0v) is 18.2. The number of methoxy groups -OCH3 is 1. The van der Waals surface area contributed by atoms with Gasteiger partial charge in [-0.15, -0.1) is 24.0 Å². The Labute approximate surface area is 169 Å². The molecule has 1 heterocycles. The zero-order chi connectivity index (χ0) is 17.3. The largest absolute Gasteiger partial charge is 0.385 e. The highest BCUT2D eigenvalue weighted by Crippen LogP contribution is 2.40. The standard InChI is InChI=1S/C18H33N5O.HI/c1-19-17(20-11-6-7-16-13-22-23(2)14-16)21-15-18(10-12-24-3)8-4-5-9-18;/h13-14H,4-12,15H2,1-3H3,(H2,19,20,21);1H. The number of aliphatic imine (C=N–C) groups is 1. The monoisotopic (exact) mass is 463 g/mol. The molecule has 6 nitrogen and oxygen atoms in total. The van der Waals surface area contributed by atoms with Gasteiger partial charge in [-0.25, -0.2) is 0 Å². The van der Waals surface area contributed by atoms with E-state index in [0.29, 0.717) is 5.41 Å². The lowest BCUT2D eigenvalue weighted by Crippen LogP contribution is -2.43. The molecule has 0 unspecified atom stereocenters. The van der Waals surface area contributed by atoms with E-state index in [2.05, 4.69) is 26.9 Å². The van der Waals surface area contributed by atoms with Gasteiger partial charge in [0.05, 0.1) is 6.20 Å². The van der Waals surface area contributed by atoms with Crippen molar-refractivity contribution in [2.45, 2.75) is 44.9 Å². The third-order valence-corrected chi connectivity index (χ3v) is 5.05. The van der Waals surface area contributed by atoms with Crippen molar-refractivity contribution in [2.75, 3.05) is 33.9 Å². The molecule has 2 N–H and O–H groups in total. The first-order valence-corrected chi connectivity index (χ1v) is 9.08. The second-order valence-electron chi connectivity index (χ2n) is 6.93. The number of hydrogen-bond acceptors (Lipinski definition) is 3. The van der Waals surface area contributed by atoms with Crippen LogP contribution in [0.15, 0.2) is 17.4 Å². The molecule has 0 aliphatic heterocycles. The Bertz CT molecular complexity index is 511. The number of nitrogens with zero attached hydrogens (tertiary/aromatic N) is 3. The number of aromatic nitrogens is 2. The van der Waals surface area contributed by atoms with Gasteiger partial charge < -0.3 is 15.4 Å². The molecule has 7 heteroatoms. The number of halogens is 1. The normalized spacial score (nSPS) is 16.5. The average molecular weight is 463 g/mol. The van der Waals surface area contributed by atoms with Crippen LogP contribution >= 0.6 is 24.0 Å². The maximum Gasteiger partial charge on any atom is 0.190 e. The van der Waals surface area contributed by atoms with Crippen molar-refractivity contribution in [3.8, 4) is 0 Å². The third-order valence-electron chi connectivity index (χ3n) is 5.05. The summed E-state index contributed by atoms with van der Waals surface area (Å²) < 4.78 is 7.16. The summed E-state index contributed by atoms with van der Waals surface area (Å²) in [6, 6.07) is 0. The van der Waals surface area contributed by atoms with Crippen molar-refractivity contribution in [3.05, 3.63) is 18.0 Å². The predicted molar refractivity (Wildman–Crippen MR) is 114 cm³/mol. The lowest BCUT2D eigenvalue weighted by molar-refractivity contribution is 0.138. The first-order valence-electron chi connectivity index (χ1n) is 9.08. The smallest absolute Gasteiger partial charge is 0.190 e. The SMILES string of the molecule is CN=C(NCCCc1cnn(C)c1)NCC1(CCOC)CCCC1.I. The van der Waals surface area contributed by atoms with Crippen molar-refractivity contribution >= 4 is 29.9 Å². The summed E-state index contributed by atoms with van der Waals surface area (Å²) in [7, 11) is 5.59. The maximum atomic E-state index is 5.30. The molecule has 2 rings (SSSR count). The topological polar surface area (TPSA) is 63.5 Å². The van der Waals surface area contributed by atoms with Gasteiger partial charge in [0.2, 0.25) is 0 Å². The highest BCUT2D eigenvalue weighted by Gasteiger charge is 2.33.